The second kappa shape index (κ2) is 7.47. The fourth-order valence-electron chi connectivity index (χ4n) is 3.15. The van der Waals surface area contributed by atoms with Crippen molar-refractivity contribution in [3.63, 3.8) is 0 Å². The summed E-state index contributed by atoms with van der Waals surface area (Å²) in [5.41, 5.74) is 0.872. The molecule has 0 saturated carbocycles. The van der Waals surface area contributed by atoms with Gasteiger partial charge in [-0.25, -0.2) is 4.79 Å². The van der Waals surface area contributed by atoms with Gasteiger partial charge in [-0.2, -0.15) is 0 Å². The van der Waals surface area contributed by atoms with Crippen molar-refractivity contribution in [1.29, 1.82) is 0 Å². The topological polar surface area (TPSA) is 86.7 Å². The van der Waals surface area contributed by atoms with Crippen LogP contribution in [0.25, 0.3) is 0 Å². The number of rotatable bonds is 4. The molecule has 0 spiro atoms. The smallest absolute Gasteiger partial charge is 1.00 e. The molecule has 0 bridgehead atoms. The maximum Gasteiger partial charge on any atom is 1.00 e. The van der Waals surface area contributed by atoms with Crippen molar-refractivity contribution < 1.29 is 72.3 Å². The Balaban J connectivity index is 0.00000156. The van der Waals surface area contributed by atoms with Gasteiger partial charge in [-0.05, 0) is 19.4 Å². The van der Waals surface area contributed by atoms with E-state index in [1.807, 2.05) is 44.2 Å². The largest absolute Gasteiger partial charge is 1.00 e. The molecule has 2 N–H and O–H groups in total. The molecule has 0 aliphatic carbocycles. The Hall–Kier alpha value is -0.384. The molecule has 0 unspecified atom stereocenters. The van der Waals surface area contributed by atoms with Crippen LogP contribution in [-0.4, -0.2) is 50.0 Å². The number of carbonyl (C=O) groups excluding carboxylic acids is 2. The van der Waals surface area contributed by atoms with Crippen LogP contribution in [0.15, 0.2) is 30.3 Å². The minimum atomic E-state index is -1.01. The van der Waals surface area contributed by atoms with Crippen LogP contribution in [0.4, 0.5) is 0 Å². The zero-order valence-electron chi connectivity index (χ0n) is 14.9. The molecule has 124 valence electrons. The van der Waals surface area contributed by atoms with Gasteiger partial charge in [-0.3, -0.25) is 9.59 Å². The minimum absolute atomic E-state index is 0. The molecular formula is C16H19KN2O4S. The predicted octanol–water partition coefficient (Wildman–Crippen LogP) is -2.02. The van der Waals surface area contributed by atoms with E-state index in [9.17, 15) is 19.5 Å². The summed E-state index contributed by atoms with van der Waals surface area (Å²) in [5, 5.41) is 11.8. The van der Waals surface area contributed by atoms with E-state index in [1.165, 1.54) is 16.7 Å². The second-order valence-corrected chi connectivity index (χ2v) is 8.08. The first-order chi connectivity index (χ1) is 10.8. The Kier molecular flexibility index (Phi) is 6.20. The van der Waals surface area contributed by atoms with Gasteiger partial charge in [-0.15, -0.1) is 11.8 Å². The standard InChI is InChI=1S/C16H18N2O4S.K.H/c1-16(2)12(15(21)22)18-13(20)11(14(18)23-16)17-10(19)8-9-6-4-3-5-7-9;;/h3-7,11-12,14H,8H2,1-2H3,(H,17,19)(H,21,22);;/q;+1;-1/t11-,12-,14+;;/m0../s1. The number of carboxylic acid groups (broad SMARTS) is 1. The third-order valence-corrected chi connectivity index (χ3v) is 5.77. The molecule has 2 fully saturated rings. The molecule has 24 heavy (non-hydrogen) atoms. The summed E-state index contributed by atoms with van der Waals surface area (Å²) in [6, 6.07) is 7.78. The fourth-order valence-corrected chi connectivity index (χ4v) is 4.78. The van der Waals surface area contributed by atoms with Crippen LogP contribution in [0, 0.1) is 0 Å². The normalized spacial score (nSPS) is 26.8. The van der Waals surface area contributed by atoms with E-state index in [1.54, 1.807) is 0 Å². The summed E-state index contributed by atoms with van der Waals surface area (Å²) >= 11 is 1.42. The number of nitrogens with one attached hydrogen (secondary N) is 1. The summed E-state index contributed by atoms with van der Waals surface area (Å²) in [4.78, 5) is 37.2. The van der Waals surface area contributed by atoms with Crippen LogP contribution in [0.1, 0.15) is 20.8 Å². The van der Waals surface area contributed by atoms with Crippen LogP contribution in [0.3, 0.4) is 0 Å². The van der Waals surface area contributed by atoms with E-state index in [0.29, 0.717) is 0 Å². The minimum Gasteiger partial charge on any atom is -1.00 e. The monoisotopic (exact) mass is 374 g/mol. The molecule has 2 amide bonds. The van der Waals surface area contributed by atoms with E-state index >= 15 is 0 Å². The second-order valence-electron chi connectivity index (χ2n) is 6.31. The molecule has 8 heteroatoms. The third kappa shape index (κ3) is 3.59. The van der Waals surface area contributed by atoms with Crippen molar-refractivity contribution in [2.75, 3.05) is 0 Å². The molecule has 3 rings (SSSR count). The summed E-state index contributed by atoms with van der Waals surface area (Å²) < 4.78 is -0.578. The summed E-state index contributed by atoms with van der Waals surface area (Å²) in [6.45, 7) is 3.62. The van der Waals surface area contributed by atoms with Gasteiger partial charge in [0.2, 0.25) is 11.8 Å². The number of benzene rings is 1. The van der Waals surface area contributed by atoms with Crippen molar-refractivity contribution in [3.8, 4) is 0 Å². The van der Waals surface area contributed by atoms with Crippen molar-refractivity contribution in [3.05, 3.63) is 35.9 Å². The number of hydrogen-bond donors (Lipinski definition) is 2. The van der Waals surface area contributed by atoms with Crippen LogP contribution < -0.4 is 56.7 Å². The van der Waals surface area contributed by atoms with Gasteiger partial charge in [-0.1, -0.05) is 30.3 Å². The Morgan fingerprint density at radius 1 is 1.33 bits per heavy atom. The fraction of sp³-hybridized carbons (Fsp3) is 0.438. The van der Waals surface area contributed by atoms with E-state index in [0.717, 1.165) is 5.56 Å². The van der Waals surface area contributed by atoms with E-state index in [4.69, 9.17) is 0 Å². The van der Waals surface area contributed by atoms with Gasteiger partial charge in [0.1, 0.15) is 17.5 Å². The van der Waals surface area contributed by atoms with Crippen LogP contribution in [-0.2, 0) is 20.8 Å². The van der Waals surface area contributed by atoms with Crippen molar-refractivity contribution >= 4 is 29.5 Å². The maximum atomic E-state index is 12.3. The first-order valence-electron chi connectivity index (χ1n) is 7.37. The van der Waals surface area contributed by atoms with Crippen molar-refractivity contribution in [2.45, 2.75) is 42.5 Å². The van der Waals surface area contributed by atoms with Gasteiger partial charge in [0.05, 0.1) is 6.42 Å². The zero-order chi connectivity index (χ0) is 16.8. The molecule has 2 saturated heterocycles. The predicted molar refractivity (Wildman–Crippen MR) is 86.9 cm³/mol. The summed E-state index contributed by atoms with van der Waals surface area (Å²) in [6.07, 6.45) is 0.202. The average molecular weight is 375 g/mol. The van der Waals surface area contributed by atoms with Gasteiger partial charge >= 0.3 is 57.4 Å². The number of carbonyl (C=O) groups is 3. The summed E-state index contributed by atoms with van der Waals surface area (Å²) in [5.74, 6) is -1.55. The molecule has 0 radical (unpaired) electrons. The first kappa shape index (κ1) is 19.9. The number of fused-ring (bicyclic) bond motifs is 1. The third-order valence-electron chi connectivity index (χ3n) is 4.20. The molecule has 2 aliphatic heterocycles. The number of aliphatic carboxylic acids is 1. The SMILES string of the molecule is CC1(C)S[C@@H]2[C@@H](NC(=O)Cc3ccccc3)C(=O)N2[C@H]1C(=O)O.[H-].[K+]. The molecule has 2 heterocycles. The number of hydrogen-bond acceptors (Lipinski definition) is 4. The number of amides is 2. The number of β-lactam (4-membered cyclic amide) rings is 1. The van der Waals surface area contributed by atoms with Crippen LogP contribution in [0.5, 0.6) is 0 Å². The number of thioether (sulfide) groups is 1. The molecule has 1 aromatic carbocycles. The summed E-state index contributed by atoms with van der Waals surface area (Å²) in [7, 11) is 0. The zero-order valence-corrected chi connectivity index (χ0v) is 17.8. The molecule has 1 aromatic rings. The first-order valence-corrected chi connectivity index (χ1v) is 8.25. The van der Waals surface area contributed by atoms with Crippen LogP contribution in [0.2, 0.25) is 0 Å². The Morgan fingerprint density at radius 3 is 2.54 bits per heavy atom. The maximum absolute atomic E-state index is 12.3. The van der Waals surface area contributed by atoms with Gasteiger partial charge in [0.15, 0.2) is 0 Å². The number of carboxylic acids is 1. The van der Waals surface area contributed by atoms with Crippen LogP contribution >= 0.6 is 11.8 Å². The number of nitrogens with zero attached hydrogens (tertiary/aromatic N) is 1. The van der Waals surface area contributed by atoms with E-state index in [-0.39, 0.29) is 76.4 Å². The molecule has 6 nitrogen and oxygen atoms in total. The molecule has 2 aliphatic rings. The van der Waals surface area contributed by atoms with Gasteiger partial charge < -0.3 is 16.7 Å². The van der Waals surface area contributed by atoms with Crippen molar-refractivity contribution in [2.24, 2.45) is 0 Å². The Morgan fingerprint density at radius 2 is 1.96 bits per heavy atom. The van der Waals surface area contributed by atoms with Crippen molar-refractivity contribution in [1.82, 2.24) is 10.2 Å². The molecule has 3 atom stereocenters. The quantitative estimate of drug-likeness (QED) is 0.469. The van der Waals surface area contributed by atoms with E-state index in [2.05, 4.69) is 5.32 Å². The molecule has 0 aromatic heterocycles. The molecular weight excluding hydrogens is 355 g/mol. The Bertz CT molecular complexity index is 673. The average Bonchev–Trinajstić information content (AvgIpc) is 2.74. The van der Waals surface area contributed by atoms with Gasteiger partial charge in [0.25, 0.3) is 0 Å². The Labute approximate surface area is 188 Å². The van der Waals surface area contributed by atoms with Gasteiger partial charge in [0, 0.05) is 4.75 Å². The van der Waals surface area contributed by atoms with E-state index < -0.39 is 22.8 Å².